The van der Waals surface area contributed by atoms with E-state index < -0.39 is 0 Å². The summed E-state index contributed by atoms with van der Waals surface area (Å²) in [6.45, 7) is 2.07. The molecule has 0 unspecified atom stereocenters. The zero-order valence-electron chi connectivity index (χ0n) is 5.99. The van der Waals surface area contributed by atoms with Gasteiger partial charge in [-0.2, -0.15) is 0 Å². The first-order valence-electron chi connectivity index (χ1n) is 3.21. The van der Waals surface area contributed by atoms with Crippen molar-refractivity contribution < 1.29 is 5.11 Å². The fourth-order valence-corrected chi connectivity index (χ4v) is 1.61. The van der Waals surface area contributed by atoms with Crippen LogP contribution in [0.1, 0.15) is 0 Å². The summed E-state index contributed by atoms with van der Waals surface area (Å²) in [7, 11) is -0.318. The average molecular weight is 154 g/mol. The van der Waals surface area contributed by atoms with Gasteiger partial charge in [0.05, 0.1) is 6.35 Å². The molecule has 0 aliphatic rings. The van der Waals surface area contributed by atoms with Crippen molar-refractivity contribution in [3.63, 3.8) is 0 Å². The molecule has 0 radical (unpaired) electrons. The highest BCUT2D eigenvalue weighted by Gasteiger charge is 1.99. The Morgan fingerprint density at radius 1 is 1.30 bits per heavy atom. The van der Waals surface area contributed by atoms with Crippen LogP contribution >= 0.6 is 7.92 Å². The molecule has 0 fully saturated rings. The van der Waals surface area contributed by atoms with Crippen LogP contribution in [0.3, 0.4) is 0 Å². The Hall–Kier alpha value is -0.390. The smallest absolute Gasteiger partial charge is 0.0663 e. The van der Waals surface area contributed by atoms with Crippen molar-refractivity contribution in [3.05, 3.63) is 30.3 Å². The third-order valence-electron chi connectivity index (χ3n) is 1.41. The molecule has 10 heavy (non-hydrogen) atoms. The standard InChI is InChI=1S/C8H11OP/c1-10(7-9)8-5-3-2-4-6-8/h2-6,9H,7H2,1H3/t10-/m0/s1. The van der Waals surface area contributed by atoms with E-state index in [1.807, 2.05) is 18.2 Å². The van der Waals surface area contributed by atoms with Crippen molar-refractivity contribution in [1.82, 2.24) is 0 Å². The van der Waals surface area contributed by atoms with E-state index in [4.69, 9.17) is 5.11 Å². The SMILES string of the molecule is C[P@@](CO)c1ccccc1. The van der Waals surface area contributed by atoms with Gasteiger partial charge in [0, 0.05) is 0 Å². The van der Waals surface area contributed by atoms with Crippen LogP contribution in [-0.2, 0) is 0 Å². The summed E-state index contributed by atoms with van der Waals surface area (Å²) in [6, 6.07) is 10.1. The Morgan fingerprint density at radius 2 is 1.90 bits per heavy atom. The molecule has 54 valence electrons. The minimum Gasteiger partial charge on any atom is -0.392 e. The molecule has 1 rings (SSSR count). The van der Waals surface area contributed by atoms with E-state index in [9.17, 15) is 0 Å². The predicted molar refractivity (Wildman–Crippen MR) is 46.0 cm³/mol. The first-order chi connectivity index (χ1) is 4.84. The number of aliphatic hydroxyl groups excluding tert-OH is 1. The van der Waals surface area contributed by atoms with Gasteiger partial charge in [0.1, 0.15) is 0 Å². The Labute approximate surface area is 62.5 Å². The van der Waals surface area contributed by atoms with E-state index >= 15 is 0 Å². The van der Waals surface area contributed by atoms with Crippen molar-refractivity contribution >= 4 is 13.2 Å². The maximum Gasteiger partial charge on any atom is 0.0663 e. The van der Waals surface area contributed by atoms with E-state index in [0.717, 1.165) is 0 Å². The van der Waals surface area contributed by atoms with Crippen LogP contribution in [0.25, 0.3) is 0 Å². The second-order valence-corrected chi connectivity index (χ2v) is 4.37. The van der Waals surface area contributed by atoms with Crippen LogP contribution in [0.2, 0.25) is 0 Å². The molecule has 1 atom stereocenters. The summed E-state index contributed by atoms with van der Waals surface area (Å²) < 4.78 is 0. The topological polar surface area (TPSA) is 20.2 Å². The van der Waals surface area contributed by atoms with Crippen LogP contribution in [0.15, 0.2) is 30.3 Å². The van der Waals surface area contributed by atoms with Crippen LogP contribution in [-0.4, -0.2) is 18.1 Å². The Balaban J connectivity index is 2.75. The largest absolute Gasteiger partial charge is 0.392 e. The van der Waals surface area contributed by atoms with Crippen molar-refractivity contribution in [2.24, 2.45) is 0 Å². The van der Waals surface area contributed by atoms with Gasteiger partial charge in [-0.25, -0.2) is 0 Å². The van der Waals surface area contributed by atoms with E-state index in [1.54, 1.807) is 0 Å². The Morgan fingerprint density at radius 3 is 2.40 bits per heavy atom. The molecule has 1 N–H and O–H groups in total. The third kappa shape index (κ3) is 1.80. The maximum absolute atomic E-state index is 8.82. The second-order valence-electron chi connectivity index (χ2n) is 2.17. The van der Waals surface area contributed by atoms with Crippen LogP contribution < -0.4 is 5.30 Å². The quantitative estimate of drug-likeness (QED) is 0.638. The Bertz CT molecular complexity index is 186. The lowest BCUT2D eigenvalue weighted by Crippen LogP contribution is -2.00. The highest BCUT2D eigenvalue weighted by molar-refractivity contribution is 7.64. The van der Waals surface area contributed by atoms with Gasteiger partial charge in [-0.15, -0.1) is 0 Å². The number of aliphatic hydroxyl groups is 1. The van der Waals surface area contributed by atoms with Crippen molar-refractivity contribution in [3.8, 4) is 0 Å². The number of rotatable bonds is 2. The zero-order chi connectivity index (χ0) is 7.40. The number of benzene rings is 1. The summed E-state index contributed by atoms with van der Waals surface area (Å²) in [4.78, 5) is 0. The van der Waals surface area contributed by atoms with Gasteiger partial charge in [-0.05, 0) is 12.0 Å². The molecule has 2 heteroatoms. The molecule has 0 heterocycles. The van der Waals surface area contributed by atoms with Crippen LogP contribution in [0.5, 0.6) is 0 Å². The molecule has 1 nitrogen and oxygen atoms in total. The number of hydrogen-bond donors (Lipinski definition) is 1. The molecule has 0 saturated carbocycles. The zero-order valence-corrected chi connectivity index (χ0v) is 6.88. The van der Waals surface area contributed by atoms with Gasteiger partial charge in [-0.1, -0.05) is 38.3 Å². The molecule has 0 spiro atoms. The molecule has 0 bridgehead atoms. The maximum atomic E-state index is 8.82. The average Bonchev–Trinajstić information content (AvgIpc) is 2.05. The summed E-state index contributed by atoms with van der Waals surface area (Å²) in [5, 5.41) is 10.1. The summed E-state index contributed by atoms with van der Waals surface area (Å²) in [5.74, 6) is 0. The normalized spacial score (nSPS) is 13.0. The molecular weight excluding hydrogens is 143 g/mol. The van der Waals surface area contributed by atoms with Crippen molar-refractivity contribution in [1.29, 1.82) is 0 Å². The second kappa shape index (κ2) is 3.70. The first-order valence-corrected chi connectivity index (χ1v) is 5.19. The molecule has 1 aromatic carbocycles. The fourth-order valence-electron chi connectivity index (χ4n) is 0.764. The lowest BCUT2D eigenvalue weighted by Gasteiger charge is -2.06. The molecule has 0 aliphatic heterocycles. The predicted octanol–water partition coefficient (Wildman–Crippen LogP) is 1.37. The van der Waals surface area contributed by atoms with E-state index in [-0.39, 0.29) is 7.92 Å². The summed E-state index contributed by atoms with van der Waals surface area (Å²) >= 11 is 0. The monoisotopic (exact) mass is 154 g/mol. The Kier molecular flexibility index (Phi) is 2.85. The van der Waals surface area contributed by atoms with E-state index in [1.165, 1.54) is 5.30 Å². The van der Waals surface area contributed by atoms with Crippen LogP contribution in [0, 0.1) is 0 Å². The third-order valence-corrected chi connectivity index (χ3v) is 3.01. The van der Waals surface area contributed by atoms with Gasteiger partial charge in [0.2, 0.25) is 0 Å². The van der Waals surface area contributed by atoms with Gasteiger partial charge in [-0.3, -0.25) is 0 Å². The fraction of sp³-hybridized carbons (Fsp3) is 0.250. The lowest BCUT2D eigenvalue weighted by atomic mass is 10.4. The van der Waals surface area contributed by atoms with Crippen molar-refractivity contribution in [2.75, 3.05) is 13.0 Å². The molecule has 0 saturated heterocycles. The summed E-state index contributed by atoms with van der Waals surface area (Å²) in [5.41, 5.74) is 0. The molecular formula is C8H11OP. The summed E-state index contributed by atoms with van der Waals surface area (Å²) in [6.07, 6.45) is 0.291. The van der Waals surface area contributed by atoms with Gasteiger partial charge in [0.25, 0.3) is 0 Å². The van der Waals surface area contributed by atoms with E-state index in [0.29, 0.717) is 6.35 Å². The highest BCUT2D eigenvalue weighted by atomic mass is 31.1. The van der Waals surface area contributed by atoms with Gasteiger partial charge >= 0.3 is 0 Å². The molecule has 0 aliphatic carbocycles. The highest BCUT2D eigenvalue weighted by Crippen LogP contribution is 2.26. The van der Waals surface area contributed by atoms with Gasteiger partial charge in [0.15, 0.2) is 0 Å². The van der Waals surface area contributed by atoms with Crippen molar-refractivity contribution in [2.45, 2.75) is 0 Å². The first kappa shape index (κ1) is 7.71. The molecule has 1 aromatic rings. The van der Waals surface area contributed by atoms with Gasteiger partial charge < -0.3 is 5.11 Å². The minimum absolute atomic E-state index is 0.291. The minimum atomic E-state index is -0.318. The van der Waals surface area contributed by atoms with Crippen LogP contribution in [0.4, 0.5) is 0 Å². The lowest BCUT2D eigenvalue weighted by molar-refractivity contribution is 0.371. The number of hydrogen-bond acceptors (Lipinski definition) is 1. The molecule has 0 aromatic heterocycles. The molecule has 0 amide bonds. The van der Waals surface area contributed by atoms with E-state index in [2.05, 4.69) is 18.8 Å².